The molecule has 1 aliphatic rings. The first-order valence-electron chi connectivity index (χ1n) is 7.17. The van der Waals surface area contributed by atoms with Crippen LogP contribution in [0.1, 0.15) is 28.7 Å². The molecule has 23 heavy (non-hydrogen) atoms. The smallest absolute Gasteiger partial charge is 0.253 e. The summed E-state index contributed by atoms with van der Waals surface area (Å²) in [6, 6.07) is 1.43. The molecule has 0 bridgehead atoms. The van der Waals surface area contributed by atoms with Crippen LogP contribution < -0.4 is 10.2 Å². The number of carbonyl (C=O) groups is 1. The number of hydrogen-bond acceptors (Lipinski definition) is 6. The summed E-state index contributed by atoms with van der Waals surface area (Å²) in [5.74, 6) is 0.976. The molecular formula is C14H17ClN6O2. The first kappa shape index (κ1) is 15.7. The maximum atomic E-state index is 12.4. The maximum absolute atomic E-state index is 12.4. The largest absolute Gasteiger partial charge is 0.368 e. The summed E-state index contributed by atoms with van der Waals surface area (Å²) < 4.78 is 5.62. The molecule has 8 nitrogen and oxygen atoms in total. The third-order valence-electron chi connectivity index (χ3n) is 3.62. The number of pyridine rings is 1. The number of amides is 1. The van der Waals surface area contributed by atoms with Crippen molar-refractivity contribution in [2.24, 2.45) is 0 Å². The molecule has 1 amide bonds. The zero-order valence-corrected chi connectivity index (χ0v) is 13.5. The molecule has 122 valence electrons. The Hall–Kier alpha value is -2.19. The summed E-state index contributed by atoms with van der Waals surface area (Å²) in [7, 11) is 3.68. The van der Waals surface area contributed by atoms with Crippen LogP contribution in [0, 0.1) is 0 Å². The van der Waals surface area contributed by atoms with Crippen molar-refractivity contribution in [1.82, 2.24) is 25.5 Å². The minimum Gasteiger partial charge on any atom is -0.368 e. The second-order valence-electron chi connectivity index (χ2n) is 5.45. The van der Waals surface area contributed by atoms with Crippen molar-refractivity contribution in [1.29, 1.82) is 0 Å². The van der Waals surface area contributed by atoms with Gasteiger partial charge in [0, 0.05) is 26.9 Å². The SMILES string of the molecule is CN(C)c1ncc(C(=O)N[C@H]2CCO[C@H]2c2ncn[nH]2)cc1Cl. The quantitative estimate of drug-likeness (QED) is 0.870. The Morgan fingerprint density at radius 3 is 2.96 bits per heavy atom. The number of halogens is 1. The lowest BCUT2D eigenvalue weighted by molar-refractivity contribution is 0.0791. The number of ether oxygens (including phenoxy) is 1. The van der Waals surface area contributed by atoms with Crippen molar-refractivity contribution >= 4 is 23.3 Å². The molecule has 3 rings (SSSR count). The lowest BCUT2D eigenvalue weighted by Crippen LogP contribution is -2.37. The van der Waals surface area contributed by atoms with Gasteiger partial charge in [-0.3, -0.25) is 9.89 Å². The maximum Gasteiger partial charge on any atom is 0.253 e. The van der Waals surface area contributed by atoms with Crippen molar-refractivity contribution in [3.8, 4) is 0 Å². The van der Waals surface area contributed by atoms with E-state index in [1.807, 2.05) is 14.1 Å². The minimum absolute atomic E-state index is 0.178. The number of hydrogen-bond donors (Lipinski definition) is 2. The van der Waals surface area contributed by atoms with Crippen LogP contribution in [0.5, 0.6) is 0 Å². The number of carbonyl (C=O) groups excluding carboxylic acids is 1. The highest BCUT2D eigenvalue weighted by Gasteiger charge is 2.33. The Kier molecular flexibility index (Phi) is 4.44. The van der Waals surface area contributed by atoms with Gasteiger partial charge in [-0.2, -0.15) is 5.10 Å². The Labute approximate surface area is 138 Å². The summed E-state index contributed by atoms with van der Waals surface area (Å²) in [5, 5.41) is 9.96. The third kappa shape index (κ3) is 3.27. The number of nitrogens with one attached hydrogen (secondary N) is 2. The predicted molar refractivity (Wildman–Crippen MR) is 84.5 cm³/mol. The third-order valence-corrected chi connectivity index (χ3v) is 3.90. The van der Waals surface area contributed by atoms with Crippen molar-refractivity contribution in [3.05, 3.63) is 35.0 Å². The zero-order chi connectivity index (χ0) is 16.4. The van der Waals surface area contributed by atoms with Crippen LogP contribution in [0.4, 0.5) is 5.82 Å². The van der Waals surface area contributed by atoms with Crippen LogP contribution >= 0.6 is 11.6 Å². The Morgan fingerprint density at radius 1 is 1.48 bits per heavy atom. The summed E-state index contributed by atoms with van der Waals surface area (Å²) >= 11 is 6.16. The molecule has 1 aliphatic heterocycles. The van der Waals surface area contributed by atoms with Gasteiger partial charge in [0.2, 0.25) is 0 Å². The molecule has 0 aliphatic carbocycles. The molecule has 2 aromatic heterocycles. The van der Waals surface area contributed by atoms with E-state index in [4.69, 9.17) is 16.3 Å². The van der Waals surface area contributed by atoms with Gasteiger partial charge >= 0.3 is 0 Å². The van der Waals surface area contributed by atoms with Gasteiger partial charge in [0.05, 0.1) is 16.6 Å². The molecular weight excluding hydrogens is 320 g/mol. The van der Waals surface area contributed by atoms with Crippen LogP contribution in [-0.4, -0.2) is 52.8 Å². The highest BCUT2D eigenvalue weighted by molar-refractivity contribution is 6.33. The summed E-state index contributed by atoms with van der Waals surface area (Å²) in [6.07, 6.45) is 3.30. The van der Waals surface area contributed by atoms with Crippen LogP contribution in [0.3, 0.4) is 0 Å². The van der Waals surface area contributed by atoms with E-state index in [0.29, 0.717) is 35.3 Å². The molecule has 0 spiro atoms. The number of anilines is 1. The molecule has 3 heterocycles. The van der Waals surface area contributed by atoms with E-state index in [1.54, 1.807) is 11.0 Å². The van der Waals surface area contributed by atoms with Crippen LogP contribution in [0.2, 0.25) is 5.02 Å². The highest BCUT2D eigenvalue weighted by Crippen LogP contribution is 2.27. The fraction of sp³-hybridized carbons (Fsp3) is 0.429. The Morgan fingerprint density at radius 2 is 2.30 bits per heavy atom. The van der Waals surface area contributed by atoms with E-state index in [9.17, 15) is 4.79 Å². The number of nitrogens with zero attached hydrogens (tertiary/aromatic N) is 4. The summed E-state index contributed by atoms with van der Waals surface area (Å²) in [5.41, 5.74) is 0.406. The standard InChI is InChI=1S/C14H17ClN6O2/c1-21(2)13-9(15)5-8(6-16-13)14(22)19-10-3-4-23-11(10)12-17-7-18-20-12/h5-7,10-11H,3-4H2,1-2H3,(H,19,22)(H,17,18,20)/t10-,11+/m0/s1. The average Bonchev–Trinajstić information content (AvgIpc) is 3.17. The normalized spacial score (nSPS) is 20.5. The first-order chi connectivity index (χ1) is 11.1. The van der Waals surface area contributed by atoms with Gasteiger partial charge < -0.3 is 15.0 Å². The van der Waals surface area contributed by atoms with Gasteiger partial charge in [-0.05, 0) is 12.5 Å². The minimum atomic E-state index is -0.328. The molecule has 2 atom stereocenters. The Balaban J connectivity index is 1.73. The summed E-state index contributed by atoms with van der Waals surface area (Å²) in [4.78, 5) is 22.5. The van der Waals surface area contributed by atoms with Gasteiger partial charge in [0.1, 0.15) is 18.2 Å². The van der Waals surface area contributed by atoms with Crippen molar-refractivity contribution in [2.75, 3.05) is 25.6 Å². The van der Waals surface area contributed by atoms with Crippen molar-refractivity contribution in [3.63, 3.8) is 0 Å². The van der Waals surface area contributed by atoms with Crippen molar-refractivity contribution < 1.29 is 9.53 Å². The van der Waals surface area contributed by atoms with E-state index in [1.165, 1.54) is 12.5 Å². The number of rotatable bonds is 4. The van der Waals surface area contributed by atoms with Crippen molar-refractivity contribution in [2.45, 2.75) is 18.6 Å². The summed E-state index contributed by atoms with van der Waals surface area (Å²) in [6.45, 7) is 0.550. The molecule has 0 saturated carbocycles. The van der Waals surface area contributed by atoms with E-state index in [0.717, 1.165) is 0 Å². The monoisotopic (exact) mass is 336 g/mol. The topological polar surface area (TPSA) is 96.0 Å². The number of aromatic nitrogens is 4. The Bertz CT molecular complexity index is 691. The van der Waals surface area contributed by atoms with E-state index >= 15 is 0 Å². The second-order valence-corrected chi connectivity index (χ2v) is 5.86. The fourth-order valence-corrected chi connectivity index (χ4v) is 2.83. The molecule has 1 fully saturated rings. The molecule has 9 heteroatoms. The fourth-order valence-electron chi connectivity index (χ4n) is 2.49. The van der Waals surface area contributed by atoms with Gasteiger partial charge in [0.25, 0.3) is 5.91 Å². The van der Waals surface area contributed by atoms with E-state index < -0.39 is 0 Å². The second kappa shape index (κ2) is 6.51. The molecule has 2 aromatic rings. The van der Waals surface area contributed by atoms with Gasteiger partial charge in [-0.25, -0.2) is 9.97 Å². The average molecular weight is 337 g/mol. The number of aromatic amines is 1. The van der Waals surface area contributed by atoms with Gasteiger partial charge in [-0.15, -0.1) is 0 Å². The van der Waals surface area contributed by atoms with Gasteiger partial charge in [0.15, 0.2) is 5.82 Å². The van der Waals surface area contributed by atoms with Crippen LogP contribution in [0.15, 0.2) is 18.6 Å². The van der Waals surface area contributed by atoms with Gasteiger partial charge in [-0.1, -0.05) is 11.6 Å². The highest BCUT2D eigenvalue weighted by atomic mass is 35.5. The lowest BCUT2D eigenvalue weighted by atomic mass is 10.1. The van der Waals surface area contributed by atoms with E-state index in [-0.39, 0.29) is 18.1 Å². The first-order valence-corrected chi connectivity index (χ1v) is 7.54. The molecule has 0 unspecified atom stereocenters. The zero-order valence-electron chi connectivity index (χ0n) is 12.8. The van der Waals surface area contributed by atoms with E-state index in [2.05, 4.69) is 25.5 Å². The van der Waals surface area contributed by atoms with Crippen LogP contribution in [-0.2, 0) is 4.74 Å². The number of H-pyrrole nitrogens is 1. The van der Waals surface area contributed by atoms with Crippen LogP contribution in [0.25, 0.3) is 0 Å². The molecule has 0 radical (unpaired) electrons. The lowest BCUT2D eigenvalue weighted by Gasteiger charge is -2.18. The predicted octanol–water partition coefficient (Wildman–Crippen LogP) is 1.18. The molecule has 1 saturated heterocycles. The molecule has 0 aromatic carbocycles. The molecule has 2 N–H and O–H groups in total.